The highest BCUT2D eigenvalue weighted by Crippen LogP contribution is 2.14. The van der Waals surface area contributed by atoms with Gasteiger partial charge in [0.1, 0.15) is 0 Å². The molecule has 7 heteroatoms. The normalized spacial score (nSPS) is 20.9. The molecule has 21 heavy (non-hydrogen) atoms. The van der Waals surface area contributed by atoms with E-state index in [0.717, 1.165) is 11.0 Å². The third-order valence-electron chi connectivity index (χ3n) is 3.71. The van der Waals surface area contributed by atoms with Crippen LogP contribution in [0, 0.1) is 0 Å². The number of aromatic nitrogens is 2. The molecule has 1 unspecified atom stereocenters. The van der Waals surface area contributed by atoms with Gasteiger partial charge in [0.2, 0.25) is 10.0 Å². The van der Waals surface area contributed by atoms with Crippen LogP contribution < -0.4 is 0 Å². The number of benzene rings is 1. The first-order chi connectivity index (χ1) is 10.1. The Morgan fingerprint density at radius 1 is 1.38 bits per heavy atom. The fourth-order valence-corrected chi connectivity index (χ4v) is 4.05. The van der Waals surface area contributed by atoms with E-state index in [1.807, 2.05) is 35.8 Å². The summed E-state index contributed by atoms with van der Waals surface area (Å²) in [4.78, 5) is 4.28. The van der Waals surface area contributed by atoms with Gasteiger partial charge in [-0.15, -0.1) is 0 Å². The number of morpholine rings is 1. The first kappa shape index (κ1) is 14.5. The van der Waals surface area contributed by atoms with Crippen molar-refractivity contribution in [2.24, 2.45) is 0 Å². The van der Waals surface area contributed by atoms with Gasteiger partial charge in [-0.3, -0.25) is 0 Å². The molecular formula is C14H19N3O3S. The smallest absolute Gasteiger partial charge is 0.216 e. The van der Waals surface area contributed by atoms with Gasteiger partial charge in [0.15, 0.2) is 0 Å². The molecule has 0 spiro atoms. The summed E-state index contributed by atoms with van der Waals surface area (Å²) in [5.74, 6) is 0.0834. The molecule has 1 fully saturated rings. The molecule has 0 saturated carbocycles. The quantitative estimate of drug-likeness (QED) is 0.848. The fourth-order valence-electron chi connectivity index (χ4n) is 2.57. The van der Waals surface area contributed by atoms with Gasteiger partial charge in [-0.05, 0) is 19.1 Å². The second kappa shape index (κ2) is 5.75. The lowest BCUT2D eigenvalue weighted by molar-refractivity contribution is 0.0102. The molecule has 0 bridgehead atoms. The largest absolute Gasteiger partial charge is 0.376 e. The average Bonchev–Trinajstić information content (AvgIpc) is 2.88. The summed E-state index contributed by atoms with van der Waals surface area (Å²) in [6, 6.07) is 7.72. The molecule has 2 heterocycles. The molecule has 1 aromatic carbocycles. The summed E-state index contributed by atoms with van der Waals surface area (Å²) >= 11 is 0. The SMILES string of the molecule is CC1CN(S(=O)(=O)CCn2cnc3ccccc32)CCO1. The first-order valence-electron chi connectivity index (χ1n) is 7.05. The third-order valence-corrected chi connectivity index (χ3v) is 5.53. The summed E-state index contributed by atoms with van der Waals surface area (Å²) in [7, 11) is -3.26. The van der Waals surface area contributed by atoms with E-state index < -0.39 is 10.0 Å². The minimum atomic E-state index is -3.26. The summed E-state index contributed by atoms with van der Waals surface area (Å²) in [6.45, 7) is 3.65. The van der Waals surface area contributed by atoms with E-state index in [1.165, 1.54) is 4.31 Å². The lowest BCUT2D eigenvalue weighted by Gasteiger charge is -2.30. The molecule has 2 aromatic rings. The summed E-state index contributed by atoms with van der Waals surface area (Å²) < 4.78 is 33.6. The van der Waals surface area contributed by atoms with Crippen LogP contribution in [-0.2, 0) is 21.3 Å². The Labute approximate surface area is 124 Å². The number of sulfonamides is 1. The molecule has 1 saturated heterocycles. The summed E-state index contributed by atoms with van der Waals surface area (Å²) in [6.07, 6.45) is 1.66. The standard InChI is InChI=1S/C14H19N3O3S/c1-12-10-17(6-8-20-12)21(18,19)9-7-16-11-15-13-4-2-3-5-14(13)16/h2-5,11-12H,6-10H2,1H3. The van der Waals surface area contributed by atoms with Crippen LogP contribution in [-0.4, -0.2) is 53.8 Å². The Bertz CT molecular complexity index is 726. The van der Waals surface area contributed by atoms with Gasteiger partial charge in [0, 0.05) is 19.6 Å². The maximum atomic E-state index is 12.4. The number of imidazole rings is 1. The highest BCUT2D eigenvalue weighted by Gasteiger charge is 2.27. The van der Waals surface area contributed by atoms with Crippen LogP contribution in [0.15, 0.2) is 30.6 Å². The summed E-state index contributed by atoms with van der Waals surface area (Å²) in [5, 5.41) is 0. The summed E-state index contributed by atoms with van der Waals surface area (Å²) in [5.41, 5.74) is 1.85. The molecule has 0 amide bonds. The van der Waals surface area contributed by atoms with Crippen molar-refractivity contribution in [3.05, 3.63) is 30.6 Å². The predicted molar refractivity (Wildman–Crippen MR) is 80.5 cm³/mol. The predicted octanol–water partition coefficient (Wildman–Crippen LogP) is 1.09. The molecule has 0 aliphatic carbocycles. The molecule has 3 rings (SSSR count). The number of para-hydroxylation sites is 2. The zero-order valence-electron chi connectivity index (χ0n) is 12.0. The number of ether oxygens (including phenoxy) is 1. The van der Waals surface area contributed by atoms with Gasteiger partial charge in [0.05, 0.1) is 35.8 Å². The van der Waals surface area contributed by atoms with E-state index in [2.05, 4.69) is 4.98 Å². The van der Waals surface area contributed by atoms with E-state index in [4.69, 9.17) is 4.74 Å². The van der Waals surface area contributed by atoms with Crippen molar-refractivity contribution in [1.82, 2.24) is 13.9 Å². The van der Waals surface area contributed by atoms with Crippen molar-refractivity contribution < 1.29 is 13.2 Å². The molecule has 6 nitrogen and oxygen atoms in total. The zero-order valence-corrected chi connectivity index (χ0v) is 12.8. The van der Waals surface area contributed by atoms with Crippen molar-refractivity contribution in [3.63, 3.8) is 0 Å². The van der Waals surface area contributed by atoms with Crippen LogP contribution >= 0.6 is 0 Å². The lowest BCUT2D eigenvalue weighted by Crippen LogP contribution is -2.45. The highest BCUT2D eigenvalue weighted by atomic mass is 32.2. The molecule has 1 aliphatic rings. The fraction of sp³-hybridized carbons (Fsp3) is 0.500. The monoisotopic (exact) mass is 309 g/mol. The minimum Gasteiger partial charge on any atom is -0.376 e. The Morgan fingerprint density at radius 3 is 3.00 bits per heavy atom. The van der Waals surface area contributed by atoms with Gasteiger partial charge in [0.25, 0.3) is 0 Å². The molecule has 1 aliphatic heterocycles. The average molecular weight is 309 g/mol. The Hall–Kier alpha value is -1.44. The number of hydrogen-bond donors (Lipinski definition) is 0. The van der Waals surface area contributed by atoms with Crippen molar-refractivity contribution in [2.45, 2.75) is 19.6 Å². The van der Waals surface area contributed by atoms with Gasteiger partial charge in [-0.2, -0.15) is 4.31 Å². The zero-order chi connectivity index (χ0) is 14.9. The third kappa shape index (κ3) is 3.09. The molecule has 114 valence electrons. The van der Waals surface area contributed by atoms with E-state index in [-0.39, 0.29) is 11.9 Å². The second-order valence-electron chi connectivity index (χ2n) is 5.28. The van der Waals surface area contributed by atoms with E-state index in [0.29, 0.717) is 26.2 Å². The number of hydrogen-bond acceptors (Lipinski definition) is 4. The highest BCUT2D eigenvalue weighted by molar-refractivity contribution is 7.89. The van der Waals surface area contributed by atoms with Crippen LogP contribution in [0.1, 0.15) is 6.92 Å². The Morgan fingerprint density at radius 2 is 2.19 bits per heavy atom. The first-order valence-corrected chi connectivity index (χ1v) is 8.66. The number of fused-ring (bicyclic) bond motifs is 1. The number of aryl methyl sites for hydroxylation is 1. The van der Waals surface area contributed by atoms with Gasteiger partial charge >= 0.3 is 0 Å². The number of nitrogens with zero attached hydrogens (tertiary/aromatic N) is 3. The second-order valence-corrected chi connectivity index (χ2v) is 7.37. The number of rotatable bonds is 4. The van der Waals surface area contributed by atoms with Gasteiger partial charge in [-0.25, -0.2) is 13.4 Å². The van der Waals surface area contributed by atoms with Crippen LogP contribution in [0.3, 0.4) is 0 Å². The van der Waals surface area contributed by atoms with Gasteiger partial charge in [-0.1, -0.05) is 12.1 Å². The molecule has 0 N–H and O–H groups in total. The maximum Gasteiger partial charge on any atom is 0.216 e. The Balaban J connectivity index is 1.71. The molecule has 1 atom stereocenters. The van der Waals surface area contributed by atoms with Crippen LogP contribution in [0.5, 0.6) is 0 Å². The molecular weight excluding hydrogens is 290 g/mol. The lowest BCUT2D eigenvalue weighted by atomic mass is 10.3. The van der Waals surface area contributed by atoms with Crippen molar-refractivity contribution >= 4 is 21.1 Å². The van der Waals surface area contributed by atoms with E-state index in [1.54, 1.807) is 6.33 Å². The topological polar surface area (TPSA) is 64.4 Å². The van der Waals surface area contributed by atoms with Crippen LogP contribution in [0.2, 0.25) is 0 Å². The Kier molecular flexibility index (Phi) is 3.97. The molecule has 1 aromatic heterocycles. The van der Waals surface area contributed by atoms with Crippen molar-refractivity contribution in [2.75, 3.05) is 25.4 Å². The van der Waals surface area contributed by atoms with Crippen molar-refractivity contribution in [1.29, 1.82) is 0 Å². The van der Waals surface area contributed by atoms with Crippen LogP contribution in [0.4, 0.5) is 0 Å². The van der Waals surface area contributed by atoms with Gasteiger partial charge < -0.3 is 9.30 Å². The van der Waals surface area contributed by atoms with Crippen LogP contribution in [0.25, 0.3) is 11.0 Å². The maximum absolute atomic E-state index is 12.4. The van der Waals surface area contributed by atoms with E-state index in [9.17, 15) is 8.42 Å². The van der Waals surface area contributed by atoms with E-state index >= 15 is 0 Å². The molecule has 0 radical (unpaired) electrons. The minimum absolute atomic E-state index is 0.0393. The van der Waals surface area contributed by atoms with Crippen molar-refractivity contribution in [3.8, 4) is 0 Å².